The van der Waals surface area contributed by atoms with Crippen LogP contribution in [-0.2, 0) is 11.3 Å². The Morgan fingerprint density at radius 2 is 2.38 bits per heavy atom. The fourth-order valence-electron chi connectivity index (χ4n) is 1.57. The summed E-state index contributed by atoms with van der Waals surface area (Å²) in [6.07, 6.45) is 1.58. The van der Waals surface area contributed by atoms with Gasteiger partial charge in [0.2, 0.25) is 5.91 Å². The summed E-state index contributed by atoms with van der Waals surface area (Å²) >= 11 is 0. The molecule has 0 unspecified atom stereocenters. The van der Waals surface area contributed by atoms with Crippen LogP contribution in [-0.4, -0.2) is 20.7 Å². The first-order chi connectivity index (χ1) is 7.59. The van der Waals surface area contributed by atoms with Crippen molar-refractivity contribution in [1.29, 1.82) is 0 Å². The lowest BCUT2D eigenvalue weighted by molar-refractivity contribution is -0.119. The molecule has 6 heteroatoms. The van der Waals surface area contributed by atoms with Crippen LogP contribution in [0.15, 0.2) is 17.1 Å². The van der Waals surface area contributed by atoms with E-state index in [-0.39, 0.29) is 18.0 Å². The molecular weight excluding hydrogens is 208 g/mol. The molecular formula is C10H12N4O2. The van der Waals surface area contributed by atoms with Crippen molar-refractivity contribution in [3.8, 4) is 0 Å². The highest BCUT2D eigenvalue weighted by molar-refractivity contribution is 5.72. The van der Waals surface area contributed by atoms with Crippen LogP contribution in [0.2, 0.25) is 0 Å². The van der Waals surface area contributed by atoms with E-state index in [1.54, 1.807) is 6.20 Å². The predicted octanol–water partition coefficient (Wildman–Crippen LogP) is -0.0329. The molecule has 0 fully saturated rings. The molecule has 0 bridgehead atoms. The van der Waals surface area contributed by atoms with Crippen molar-refractivity contribution >= 4 is 11.4 Å². The number of fused-ring (bicyclic) bond motifs is 1. The molecule has 2 aromatic heterocycles. The number of aryl methyl sites for hydroxylation is 1. The molecule has 1 amide bonds. The molecule has 2 heterocycles. The maximum absolute atomic E-state index is 12.0. The van der Waals surface area contributed by atoms with E-state index in [4.69, 9.17) is 0 Å². The van der Waals surface area contributed by atoms with Gasteiger partial charge in [-0.2, -0.15) is 5.10 Å². The molecule has 2 rings (SSSR count). The first kappa shape index (κ1) is 10.4. The van der Waals surface area contributed by atoms with Crippen molar-refractivity contribution in [2.45, 2.75) is 20.4 Å². The third-order valence-electron chi connectivity index (χ3n) is 2.43. The molecule has 16 heavy (non-hydrogen) atoms. The fourth-order valence-corrected chi connectivity index (χ4v) is 1.57. The number of amides is 1. The predicted molar refractivity (Wildman–Crippen MR) is 58.1 cm³/mol. The van der Waals surface area contributed by atoms with Gasteiger partial charge in [0, 0.05) is 19.0 Å². The van der Waals surface area contributed by atoms with Crippen LogP contribution in [0.3, 0.4) is 0 Å². The summed E-state index contributed by atoms with van der Waals surface area (Å²) in [7, 11) is 0. The van der Waals surface area contributed by atoms with Gasteiger partial charge < -0.3 is 5.32 Å². The van der Waals surface area contributed by atoms with Crippen molar-refractivity contribution in [3.63, 3.8) is 0 Å². The Morgan fingerprint density at radius 1 is 1.62 bits per heavy atom. The van der Waals surface area contributed by atoms with Gasteiger partial charge in [0.15, 0.2) is 0 Å². The molecule has 0 spiro atoms. The first-order valence-electron chi connectivity index (χ1n) is 4.88. The Hall–Kier alpha value is -2.11. The number of carbonyl (C=O) groups excluding carboxylic acids is 1. The van der Waals surface area contributed by atoms with E-state index in [0.29, 0.717) is 11.1 Å². The fraction of sp³-hybridized carbons (Fsp3) is 0.300. The van der Waals surface area contributed by atoms with Crippen LogP contribution in [0.1, 0.15) is 18.1 Å². The number of aromatic amines is 1. The van der Waals surface area contributed by atoms with E-state index in [1.807, 2.05) is 13.0 Å². The van der Waals surface area contributed by atoms with Crippen molar-refractivity contribution in [2.75, 3.05) is 0 Å². The third kappa shape index (κ3) is 1.69. The minimum absolute atomic E-state index is 0.159. The standard InChI is InChI=1S/C10H12N4O2/c1-6-3-8-4-12-13-14(8)10(16)9(6)5-11-7(2)15/h3-4,13H,5H2,1-2H3,(H,11,15). The van der Waals surface area contributed by atoms with Gasteiger partial charge in [-0.3, -0.25) is 9.59 Å². The summed E-state index contributed by atoms with van der Waals surface area (Å²) in [4.78, 5) is 22.8. The van der Waals surface area contributed by atoms with Crippen LogP contribution in [0, 0.1) is 6.92 Å². The van der Waals surface area contributed by atoms with E-state index < -0.39 is 0 Å². The molecule has 0 atom stereocenters. The quantitative estimate of drug-likeness (QED) is 0.745. The average Bonchev–Trinajstić information content (AvgIpc) is 2.64. The van der Waals surface area contributed by atoms with Gasteiger partial charge in [-0.1, -0.05) is 0 Å². The van der Waals surface area contributed by atoms with Crippen molar-refractivity contribution in [1.82, 2.24) is 20.1 Å². The molecule has 0 aliphatic rings. The second-order valence-electron chi connectivity index (χ2n) is 3.64. The number of aromatic nitrogens is 3. The summed E-state index contributed by atoms with van der Waals surface area (Å²) < 4.78 is 1.35. The molecule has 2 N–H and O–H groups in total. The van der Waals surface area contributed by atoms with Gasteiger partial charge >= 0.3 is 0 Å². The molecule has 0 saturated carbocycles. The third-order valence-corrected chi connectivity index (χ3v) is 2.43. The SMILES string of the molecule is CC(=O)NCc1c(C)cc2cn[nH]n2c1=O. The Balaban J connectivity index is 2.51. The molecule has 0 aliphatic carbocycles. The Bertz CT molecular complexity index is 596. The second kappa shape index (κ2) is 3.80. The Kier molecular flexibility index (Phi) is 2.47. The van der Waals surface area contributed by atoms with E-state index in [9.17, 15) is 9.59 Å². The highest BCUT2D eigenvalue weighted by Crippen LogP contribution is 2.06. The number of H-pyrrole nitrogens is 1. The zero-order chi connectivity index (χ0) is 11.7. The maximum atomic E-state index is 12.0. The zero-order valence-electron chi connectivity index (χ0n) is 9.07. The van der Waals surface area contributed by atoms with Crippen LogP contribution in [0.25, 0.3) is 5.52 Å². The second-order valence-corrected chi connectivity index (χ2v) is 3.64. The first-order valence-corrected chi connectivity index (χ1v) is 4.88. The normalized spacial score (nSPS) is 10.6. The largest absolute Gasteiger partial charge is 0.352 e. The summed E-state index contributed by atoms with van der Waals surface area (Å²) in [5.74, 6) is -0.159. The Labute approximate surface area is 91.3 Å². The number of pyridine rings is 1. The molecule has 0 saturated heterocycles. The number of hydrogen-bond acceptors (Lipinski definition) is 3. The highest BCUT2D eigenvalue weighted by Gasteiger charge is 2.09. The maximum Gasteiger partial charge on any atom is 0.276 e. The van der Waals surface area contributed by atoms with Gasteiger partial charge in [-0.05, 0) is 18.6 Å². The zero-order valence-corrected chi connectivity index (χ0v) is 9.07. The number of nitrogens with zero attached hydrogens (tertiary/aromatic N) is 2. The summed E-state index contributed by atoms with van der Waals surface area (Å²) in [6, 6.07) is 1.85. The molecule has 0 aromatic carbocycles. The van der Waals surface area contributed by atoms with E-state index in [1.165, 1.54) is 11.4 Å². The number of rotatable bonds is 2. The average molecular weight is 220 g/mol. The lowest BCUT2D eigenvalue weighted by Gasteiger charge is -2.05. The topological polar surface area (TPSA) is 79.3 Å². The van der Waals surface area contributed by atoms with Crippen molar-refractivity contribution in [2.24, 2.45) is 0 Å². The van der Waals surface area contributed by atoms with Crippen LogP contribution >= 0.6 is 0 Å². The summed E-state index contributed by atoms with van der Waals surface area (Å²) in [6.45, 7) is 3.50. The summed E-state index contributed by atoms with van der Waals surface area (Å²) in [5, 5.41) is 8.99. The minimum atomic E-state index is -0.179. The van der Waals surface area contributed by atoms with Gasteiger partial charge in [0.1, 0.15) is 0 Å². The van der Waals surface area contributed by atoms with Gasteiger partial charge in [-0.15, -0.1) is 0 Å². The van der Waals surface area contributed by atoms with Gasteiger partial charge in [0.25, 0.3) is 5.56 Å². The number of carbonyl (C=O) groups is 1. The van der Waals surface area contributed by atoms with Crippen LogP contribution < -0.4 is 10.9 Å². The number of nitrogens with one attached hydrogen (secondary N) is 2. The number of hydrogen-bond donors (Lipinski definition) is 2. The highest BCUT2D eigenvalue weighted by atomic mass is 16.1. The van der Waals surface area contributed by atoms with E-state index in [2.05, 4.69) is 15.6 Å². The van der Waals surface area contributed by atoms with Crippen LogP contribution in [0.5, 0.6) is 0 Å². The van der Waals surface area contributed by atoms with Crippen molar-refractivity contribution in [3.05, 3.63) is 33.7 Å². The lowest BCUT2D eigenvalue weighted by atomic mass is 10.1. The van der Waals surface area contributed by atoms with E-state index in [0.717, 1.165) is 5.56 Å². The van der Waals surface area contributed by atoms with Crippen molar-refractivity contribution < 1.29 is 4.79 Å². The molecule has 0 radical (unpaired) electrons. The molecule has 0 aliphatic heterocycles. The summed E-state index contributed by atoms with van der Waals surface area (Å²) in [5.41, 5.74) is 1.95. The van der Waals surface area contributed by atoms with Gasteiger partial charge in [0.05, 0.1) is 11.7 Å². The van der Waals surface area contributed by atoms with E-state index >= 15 is 0 Å². The smallest absolute Gasteiger partial charge is 0.276 e. The lowest BCUT2D eigenvalue weighted by Crippen LogP contribution is -2.27. The Morgan fingerprint density at radius 3 is 3.06 bits per heavy atom. The monoisotopic (exact) mass is 220 g/mol. The molecule has 6 nitrogen and oxygen atoms in total. The molecule has 2 aromatic rings. The molecule has 84 valence electrons. The van der Waals surface area contributed by atoms with Gasteiger partial charge in [-0.25, -0.2) is 9.73 Å². The van der Waals surface area contributed by atoms with Crippen LogP contribution in [0.4, 0.5) is 0 Å². The minimum Gasteiger partial charge on any atom is -0.352 e.